The normalized spacial score (nSPS) is 11.6. The minimum absolute atomic E-state index is 0.593. The molecule has 0 spiro atoms. The number of allylic oxidation sites excluding steroid dienone is 1. The maximum atomic E-state index is 9.24. The molecule has 92 valence electrons. The Kier molecular flexibility index (Phi) is 3.58. The second kappa shape index (κ2) is 5.15. The molecular weight excluding hydrogens is 244 g/mol. The molecule has 18 heavy (non-hydrogen) atoms. The van der Waals surface area contributed by atoms with E-state index in [4.69, 9.17) is 0 Å². The van der Waals surface area contributed by atoms with Gasteiger partial charge < -0.3 is 0 Å². The molecule has 0 saturated heterocycles. The van der Waals surface area contributed by atoms with Crippen LogP contribution in [0.4, 0.5) is 0 Å². The SMILES string of the molecule is CCc1nc(/C(C#N)=C/c2cnn(C)c2)sc1C. The van der Waals surface area contributed by atoms with Gasteiger partial charge in [0.1, 0.15) is 11.1 Å². The number of thiazole rings is 1. The molecule has 2 rings (SSSR count). The van der Waals surface area contributed by atoms with Crippen LogP contribution in [0.15, 0.2) is 12.4 Å². The van der Waals surface area contributed by atoms with E-state index in [2.05, 4.69) is 23.1 Å². The molecule has 0 bridgehead atoms. The zero-order valence-corrected chi connectivity index (χ0v) is 11.5. The largest absolute Gasteiger partial charge is 0.275 e. The minimum atomic E-state index is 0.593. The highest BCUT2D eigenvalue weighted by Crippen LogP contribution is 2.25. The molecule has 0 unspecified atom stereocenters. The Morgan fingerprint density at radius 2 is 2.39 bits per heavy atom. The number of aryl methyl sites for hydroxylation is 3. The van der Waals surface area contributed by atoms with Crippen LogP contribution in [0.2, 0.25) is 0 Å². The van der Waals surface area contributed by atoms with Gasteiger partial charge in [0.2, 0.25) is 0 Å². The summed E-state index contributed by atoms with van der Waals surface area (Å²) in [5, 5.41) is 14.1. The number of nitrogens with zero attached hydrogens (tertiary/aromatic N) is 4. The average molecular weight is 258 g/mol. The van der Waals surface area contributed by atoms with E-state index < -0.39 is 0 Å². The van der Waals surface area contributed by atoms with E-state index in [0.717, 1.165) is 22.7 Å². The third-order valence-electron chi connectivity index (χ3n) is 2.61. The van der Waals surface area contributed by atoms with E-state index >= 15 is 0 Å². The van der Waals surface area contributed by atoms with Gasteiger partial charge in [-0.2, -0.15) is 10.4 Å². The lowest BCUT2D eigenvalue weighted by Crippen LogP contribution is -1.85. The van der Waals surface area contributed by atoms with Crippen molar-refractivity contribution in [2.75, 3.05) is 0 Å². The minimum Gasteiger partial charge on any atom is -0.275 e. The topological polar surface area (TPSA) is 54.5 Å². The maximum absolute atomic E-state index is 9.24. The molecule has 0 amide bonds. The summed E-state index contributed by atoms with van der Waals surface area (Å²) < 4.78 is 1.71. The van der Waals surface area contributed by atoms with E-state index in [9.17, 15) is 5.26 Å². The van der Waals surface area contributed by atoms with Crippen LogP contribution in [-0.4, -0.2) is 14.8 Å². The van der Waals surface area contributed by atoms with Crippen molar-refractivity contribution in [3.05, 3.63) is 33.5 Å². The molecule has 0 aliphatic heterocycles. The standard InChI is InChI=1S/C13H14N4S/c1-4-12-9(2)18-13(16-12)11(6-14)5-10-7-15-17(3)8-10/h5,7-8H,4H2,1-3H3/b11-5+. The summed E-state index contributed by atoms with van der Waals surface area (Å²) in [4.78, 5) is 5.68. The van der Waals surface area contributed by atoms with E-state index in [-0.39, 0.29) is 0 Å². The van der Waals surface area contributed by atoms with Gasteiger partial charge in [-0.3, -0.25) is 4.68 Å². The van der Waals surface area contributed by atoms with Gasteiger partial charge in [0, 0.05) is 23.7 Å². The lowest BCUT2D eigenvalue weighted by atomic mass is 10.2. The molecule has 0 N–H and O–H groups in total. The molecule has 0 aliphatic carbocycles. The summed E-state index contributed by atoms with van der Waals surface area (Å²) in [6.45, 7) is 4.11. The molecule has 0 atom stereocenters. The van der Waals surface area contributed by atoms with Crippen LogP contribution in [0.25, 0.3) is 11.6 Å². The zero-order chi connectivity index (χ0) is 13.1. The average Bonchev–Trinajstić information content (AvgIpc) is 2.92. The van der Waals surface area contributed by atoms with Crippen LogP contribution in [0.5, 0.6) is 0 Å². The summed E-state index contributed by atoms with van der Waals surface area (Å²) in [6.07, 6.45) is 6.33. The van der Waals surface area contributed by atoms with Crippen molar-refractivity contribution in [1.29, 1.82) is 5.26 Å². The van der Waals surface area contributed by atoms with Crippen molar-refractivity contribution in [2.24, 2.45) is 7.05 Å². The van der Waals surface area contributed by atoms with Crippen LogP contribution in [0, 0.1) is 18.3 Å². The van der Waals surface area contributed by atoms with E-state index in [0.29, 0.717) is 5.57 Å². The van der Waals surface area contributed by atoms with Crippen molar-refractivity contribution in [3.8, 4) is 6.07 Å². The molecule has 0 aromatic carbocycles. The monoisotopic (exact) mass is 258 g/mol. The van der Waals surface area contributed by atoms with E-state index in [1.807, 2.05) is 26.2 Å². The molecule has 0 aliphatic rings. The molecule has 2 aromatic rings. The Hall–Kier alpha value is -1.93. The van der Waals surface area contributed by atoms with Gasteiger partial charge in [-0.05, 0) is 19.4 Å². The predicted molar refractivity (Wildman–Crippen MR) is 72.9 cm³/mol. The number of aromatic nitrogens is 3. The van der Waals surface area contributed by atoms with Gasteiger partial charge in [-0.1, -0.05) is 6.92 Å². The highest BCUT2D eigenvalue weighted by molar-refractivity contribution is 7.12. The first-order chi connectivity index (χ1) is 8.63. The fourth-order valence-corrected chi connectivity index (χ4v) is 2.66. The fraction of sp³-hybridized carbons (Fsp3) is 0.308. The molecule has 2 aromatic heterocycles. The van der Waals surface area contributed by atoms with Crippen LogP contribution in [-0.2, 0) is 13.5 Å². The highest BCUT2D eigenvalue weighted by Gasteiger charge is 2.10. The van der Waals surface area contributed by atoms with Crippen LogP contribution in [0.1, 0.15) is 28.1 Å². The first kappa shape index (κ1) is 12.5. The molecule has 5 heteroatoms. The smallest absolute Gasteiger partial charge is 0.134 e. The van der Waals surface area contributed by atoms with Crippen molar-refractivity contribution in [2.45, 2.75) is 20.3 Å². The Labute approximate surface area is 110 Å². The Balaban J connectivity index is 2.39. The van der Waals surface area contributed by atoms with Gasteiger partial charge in [0.05, 0.1) is 17.5 Å². The number of nitriles is 1. The molecule has 0 fully saturated rings. The molecule has 2 heterocycles. The second-order valence-corrected chi connectivity index (χ2v) is 5.20. The predicted octanol–water partition coefficient (Wildman–Crippen LogP) is 2.81. The highest BCUT2D eigenvalue weighted by atomic mass is 32.1. The van der Waals surface area contributed by atoms with Gasteiger partial charge in [-0.15, -0.1) is 11.3 Å². The Bertz CT molecular complexity index is 628. The maximum Gasteiger partial charge on any atom is 0.134 e. The first-order valence-electron chi connectivity index (χ1n) is 5.71. The summed E-state index contributed by atoms with van der Waals surface area (Å²) in [5.74, 6) is 0. The first-order valence-corrected chi connectivity index (χ1v) is 6.52. The molecule has 0 radical (unpaired) electrons. The van der Waals surface area contributed by atoms with Gasteiger partial charge in [0.15, 0.2) is 0 Å². The fourth-order valence-electron chi connectivity index (χ4n) is 1.69. The van der Waals surface area contributed by atoms with Crippen LogP contribution < -0.4 is 0 Å². The van der Waals surface area contributed by atoms with Gasteiger partial charge in [0.25, 0.3) is 0 Å². The Morgan fingerprint density at radius 1 is 1.61 bits per heavy atom. The lowest BCUT2D eigenvalue weighted by Gasteiger charge is -1.91. The van der Waals surface area contributed by atoms with E-state index in [1.54, 1.807) is 22.2 Å². The number of hydrogen-bond acceptors (Lipinski definition) is 4. The third-order valence-corrected chi connectivity index (χ3v) is 3.66. The van der Waals surface area contributed by atoms with Crippen LogP contribution in [0.3, 0.4) is 0 Å². The zero-order valence-electron chi connectivity index (χ0n) is 10.6. The quantitative estimate of drug-likeness (QED) is 0.795. The van der Waals surface area contributed by atoms with E-state index in [1.165, 1.54) is 4.88 Å². The summed E-state index contributed by atoms with van der Waals surface area (Å²) in [7, 11) is 1.85. The molecule has 0 saturated carbocycles. The van der Waals surface area contributed by atoms with Crippen LogP contribution >= 0.6 is 11.3 Å². The Morgan fingerprint density at radius 3 is 2.89 bits per heavy atom. The van der Waals surface area contributed by atoms with Crippen molar-refractivity contribution in [3.63, 3.8) is 0 Å². The van der Waals surface area contributed by atoms with Crippen molar-refractivity contribution >= 4 is 23.0 Å². The number of rotatable bonds is 3. The second-order valence-electron chi connectivity index (χ2n) is 3.99. The summed E-state index contributed by atoms with van der Waals surface area (Å²) >= 11 is 1.57. The van der Waals surface area contributed by atoms with Gasteiger partial charge >= 0.3 is 0 Å². The van der Waals surface area contributed by atoms with Gasteiger partial charge in [-0.25, -0.2) is 4.98 Å². The number of hydrogen-bond donors (Lipinski definition) is 0. The summed E-state index contributed by atoms with van der Waals surface area (Å²) in [6, 6.07) is 2.21. The molecular formula is C13H14N4S. The molecule has 4 nitrogen and oxygen atoms in total. The van der Waals surface area contributed by atoms with Crippen molar-refractivity contribution < 1.29 is 0 Å². The third kappa shape index (κ3) is 2.49. The summed E-state index contributed by atoms with van der Waals surface area (Å²) in [5.41, 5.74) is 2.58. The van der Waals surface area contributed by atoms with Crippen molar-refractivity contribution in [1.82, 2.24) is 14.8 Å². The lowest BCUT2D eigenvalue weighted by molar-refractivity contribution is 0.767.